The van der Waals surface area contributed by atoms with E-state index < -0.39 is 0 Å². The average Bonchev–Trinajstić information content (AvgIpc) is 2.49. The third-order valence-corrected chi connectivity index (χ3v) is 3.27. The van der Waals surface area contributed by atoms with Crippen LogP contribution in [0.2, 0.25) is 5.02 Å². The monoisotopic (exact) mass is 309 g/mol. The molecule has 0 spiro atoms. The first-order valence-electron chi connectivity index (χ1n) is 6.55. The third-order valence-electron chi connectivity index (χ3n) is 3.02. The maximum absolute atomic E-state index is 14.0. The van der Waals surface area contributed by atoms with Crippen LogP contribution in [0.3, 0.4) is 0 Å². The van der Waals surface area contributed by atoms with Gasteiger partial charge >= 0.3 is 0 Å². The highest BCUT2D eigenvalue weighted by molar-refractivity contribution is 6.30. The van der Waals surface area contributed by atoms with Crippen LogP contribution in [0.25, 0.3) is 0 Å². The van der Waals surface area contributed by atoms with Gasteiger partial charge in [0.05, 0.1) is 7.11 Å². The maximum atomic E-state index is 14.0. The number of nitrogens with two attached hydrogens (primary N) is 1. The van der Waals surface area contributed by atoms with Crippen LogP contribution in [0.5, 0.6) is 11.5 Å². The van der Waals surface area contributed by atoms with Crippen molar-refractivity contribution < 1.29 is 13.9 Å². The van der Waals surface area contributed by atoms with Gasteiger partial charge in [-0.25, -0.2) is 4.39 Å². The first-order chi connectivity index (χ1) is 10.1. The van der Waals surface area contributed by atoms with Gasteiger partial charge in [-0.1, -0.05) is 23.7 Å². The zero-order valence-corrected chi connectivity index (χ0v) is 12.4. The van der Waals surface area contributed by atoms with Gasteiger partial charge in [0.25, 0.3) is 0 Å². The average molecular weight is 310 g/mol. The molecule has 1 unspecified atom stereocenters. The highest BCUT2D eigenvalue weighted by Gasteiger charge is 2.12. The fraction of sp³-hybridized carbons (Fsp3) is 0.250. The lowest BCUT2D eigenvalue weighted by Crippen LogP contribution is -2.30. The van der Waals surface area contributed by atoms with Gasteiger partial charge in [0.15, 0.2) is 11.6 Å². The van der Waals surface area contributed by atoms with Gasteiger partial charge in [-0.05, 0) is 42.3 Å². The Balaban J connectivity index is 1.92. The summed E-state index contributed by atoms with van der Waals surface area (Å²) in [5, 5.41) is 0.644. The first kappa shape index (κ1) is 15.6. The lowest BCUT2D eigenvalue weighted by molar-refractivity contribution is 0.286. The van der Waals surface area contributed by atoms with Gasteiger partial charge in [0.1, 0.15) is 12.4 Å². The molecule has 21 heavy (non-hydrogen) atoms. The third kappa shape index (κ3) is 4.34. The number of rotatable bonds is 6. The molecule has 112 valence electrons. The lowest BCUT2D eigenvalue weighted by Gasteiger charge is -2.14. The molecule has 0 amide bonds. The first-order valence-corrected chi connectivity index (χ1v) is 6.93. The van der Waals surface area contributed by atoms with Crippen molar-refractivity contribution in [3.63, 3.8) is 0 Å². The Kier molecular flexibility index (Phi) is 5.42. The van der Waals surface area contributed by atoms with Crippen LogP contribution in [-0.4, -0.2) is 19.8 Å². The molecule has 2 aromatic rings. The van der Waals surface area contributed by atoms with Crippen molar-refractivity contribution in [1.29, 1.82) is 0 Å². The van der Waals surface area contributed by atoms with Crippen LogP contribution in [0.1, 0.15) is 5.56 Å². The Labute approximate surface area is 128 Å². The van der Waals surface area contributed by atoms with Crippen molar-refractivity contribution in [2.24, 2.45) is 5.73 Å². The molecular formula is C16H17ClFNO2. The minimum absolute atomic E-state index is 0.221. The normalized spacial score (nSPS) is 12.0. The number of hydrogen-bond acceptors (Lipinski definition) is 3. The van der Waals surface area contributed by atoms with Crippen molar-refractivity contribution in [2.75, 3.05) is 13.7 Å². The quantitative estimate of drug-likeness (QED) is 0.889. The summed E-state index contributed by atoms with van der Waals surface area (Å²) >= 11 is 5.79. The van der Waals surface area contributed by atoms with E-state index in [1.807, 2.05) is 0 Å². The van der Waals surface area contributed by atoms with E-state index in [4.69, 9.17) is 26.8 Å². The van der Waals surface area contributed by atoms with Crippen molar-refractivity contribution in [1.82, 2.24) is 0 Å². The zero-order valence-electron chi connectivity index (χ0n) is 11.7. The molecule has 0 saturated carbocycles. The van der Waals surface area contributed by atoms with E-state index in [9.17, 15) is 4.39 Å². The molecule has 0 fully saturated rings. The number of methoxy groups -OCH3 is 1. The molecule has 0 aromatic heterocycles. The summed E-state index contributed by atoms with van der Waals surface area (Å²) in [6, 6.07) is 11.7. The van der Waals surface area contributed by atoms with E-state index in [0.29, 0.717) is 22.8 Å². The predicted molar refractivity (Wildman–Crippen MR) is 81.6 cm³/mol. The van der Waals surface area contributed by atoms with Crippen LogP contribution in [0.4, 0.5) is 4.39 Å². The van der Waals surface area contributed by atoms with Gasteiger partial charge in [-0.3, -0.25) is 0 Å². The molecule has 0 bridgehead atoms. The van der Waals surface area contributed by atoms with Gasteiger partial charge in [-0.2, -0.15) is 0 Å². The second kappa shape index (κ2) is 7.29. The predicted octanol–water partition coefficient (Wildman–Crippen LogP) is 3.44. The summed E-state index contributed by atoms with van der Waals surface area (Å²) in [7, 11) is 1.44. The molecular weight excluding hydrogens is 293 g/mol. The van der Waals surface area contributed by atoms with Gasteiger partial charge < -0.3 is 15.2 Å². The van der Waals surface area contributed by atoms with E-state index in [0.717, 1.165) is 0 Å². The Morgan fingerprint density at radius 2 is 1.90 bits per heavy atom. The van der Waals surface area contributed by atoms with Crippen molar-refractivity contribution >= 4 is 11.6 Å². The summed E-state index contributed by atoms with van der Waals surface area (Å²) in [5.74, 6) is 0.529. The van der Waals surface area contributed by atoms with E-state index >= 15 is 0 Å². The van der Waals surface area contributed by atoms with Gasteiger partial charge in [0, 0.05) is 11.1 Å². The minimum Gasteiger partial charge on any atom is -0.494 e. The second-order valence-electron chi connectivity index (χ2n) is 4.66. The number of ether oxygens (including phenoxy) is 2. The molecule has 0 saturated heterocycles. The molecule has 0 radical (unpaired) electrons. The fourth-order valence-corrected chi connectivity index (χ4v) is 2.07. The standard InChI is InChI=1S/C16H17ClFNO2/c1-20-15-4-2-3-11(16(15)18)9-13(19)10-21-14-7-5-12(17)6-8-14/h2-8,13H,9-10,19H2,1H3. The molecule has 0 aliphatic heterocycles. The van der Waals surface area contributed by atoms with Crippen LogP contribution >= 0.6 is 11.6 Å². The lowest BCUT2D eigenvalue weighted by atomic mass is 10.1. The number of hydrogen-bond donors (Lipinski definition) is 1. The van der Waals surface area contributed by atoms with Crippen molar-refractivity contribution in [3.05, 3.63) is 58.9 Å². The summed E-state index contributed by atoms with van der Waals surface area (Å²) < 4.78 is 24.5. The largest absolute Gasteiger partial charge is 0.494 e. The molecule has 2 aromatic carbocycles. The van der Waals surface area contributed by atoms with Crippen molar-refractivity contribution in [3.8, 4) is 11.5 Å². The minimum atomic E-state index is -0.373. The molecule has 2 rings (SSSR count). The highest BCUT2D eigenvalue weighted by Crippen LogP contribution is 2.21. The van der Waals surface area contributed by atoms with Gasteiger partial charge in [-0.15, -0.1) is 0 Å². The molecule has 2 N–H and O–H groups in total. The van der Waals surface area contributed by atoms with Crippen LogP contribution < -0.4 is 15.2 Å². The Morgan fingerprint density at radius 1 is 1.19 bits per heavy atom. The zero-order chi connectivity index (χ0) is 15.2. The topological polar surface area (TPSA) is 44.5 Å². The van der Waals surface area contributed by atoms with E-state index in [-0.39, 0.29) is 24.2 Å². The van der Waals surface area contributed by atoms with Gasteiger partial charge in [0.2, 0.25) is 0 Å². The summed E-state index contributed by atoms with van der Waals surface area (Å²) in [6.45, 7) is 0.290. The molecule has 0 aliphatic rings. The van der Waals surface area contributed by atoms with Crippen LogP contribution in [-0.2, 0) is 6.42 Å². The molecule has 0 heterocycles. The number of benzene rings is 2. The SMILES string of the molecule is COc1cccc(CC(N)COc2ccc(Cl)cc2)c1F. The highest BCUT2D eigenvalue weighted by atomic mass is 35.5. The summed E-state index contributed by atoms with van der Waals surface area (Å²) in [6.07, 6.45) is 0.372. The maximum Gasteiger partial charge on any atom is 0.168 e. The Bertz CT molecular complexity index is 589. The summed E-state index contributed by atoms with van der Waals surface area (Å²) in [5.41, 5.74) is 6.50. The summed E-state index contributed by atoms with van der Waals surface area (Å²) in [4.78, 5) is 0. The second-order valence-corrected chi connectivity index (χ2v) is 5.10. The molecule has 0 aliphatic carbocycles. The molecule has 1 atom stereocenters. The van der Waals surface area contributed by atoms with Crippen LogP contribution in [0, 0.1) is 5.82 Å². The molecule has 3 nitrogen and oxygen atoms in total. The van der Waals surface area contributed by atoms with E-state index in [1.54, 1.807) is 42.5 Å². The number of halogens is 2. The van der Waals surface area contributed by atoms with Crippen molar-refractivity contribution in [2.45, 2.75) is 12.5 Å². The Morgan fingerprint density at radius 3 is 2.57 bits per heavy atom. The van der Waals surface area contributed by atoms with E-state index in [2.05, 4.69) is 0 Å². The van der Waals surface area contributed by atoms with Crippen LogP contribution in [0.15, 0.2) is 42.5 Å². The fourth-order valence-electron chi connectivity index (χ4n) is 1.95. The Hall–Kier alpha value is -1.78. The smallest absolute Gasteiger partial charge is 0.168 e. The molecule has 5 heteroatoms. The van der Waals surface area contributed by atoms with E-state index in [1.165, 1.54) is 7.11 Å².